The zero-order valence-electron chi connectivity index (χ0n) is 20.1. The minimum absolute atomic E-state index is 0.0222. The van der Waals surface area contributed by atoms with Gasteiger partial charge in [0.2, 0.25) is 0 Å². The Kier molecular flexibility index (Phi) is 7.53. The molecule has 0 heterocycles. The summed E-state index contributed by atoms with van der Waals surface area (Å²) in [6, 6.07) is 0. The van der Waals surface area contributed by atoms with Gasteiger partial charge in [-0.3, -0.25) is 14.4 Å². The first-order valence-corrected chi connectivity index (χ1v) is 12.8. The van der Waals surface area contributed by atoms with Gasteiger partial charge in [-0.1, -0.05) is 13.8 Å². The molecule has 11 atom stereocenters. The monoisotopic (exact) mass is 477 g/mol. The fourth-order valence-electron chi connectivity index (χ4n) is 8.96. The van der Waals surface area contributed by atoms with Crippen LogP contribution in [-0.2, 0) is 33.4 Å². The number of aliphatic carboxylic acids is 1. The van der Waals surface area contributed by atoms with Gasteiger partial charge in [0.15, 0.2) is 0 Å². The average Bonchev–Trinajstić information content (AvgIpc) is 3.16. The van der Waals surface area contributed by atoms with Crippen LogP contribution in [0.3, 0.4) is 0 Å². The Morgan fingerprint density at radius 3 is 2.38 bits per heavy atom. The SMILES string of the molecule is C[C@H](CCC(=O)[O-])C1CC[C@H]2[C@H]3[C@H](C[C@H](OC=O)[C@]12C)[C@H]1CC[C@@H](OC=O)C[C@H]1C[C@H]3OC=O. The summed E-state index contributed by atoms with van der Waals surface area (Å²) < 4.78 is 16.8. The highest BCUT2D eigenvalue weighted by Gasteiger charge is 2.65. The first-order chi connectivity index (χ1) is 16.3. The average molecular weight is 478 g/mol. The van der Waals surface area contributed by atoms with E-state index in [9.17, 15) is 24.3 Å². The van der Waals surface area contributed by atoms with Crippen molar-refractivity contribution in [2.45, 2.75) is 89.9 Å². The van der Waals surface area contributed by atoms with Gasteiger partial charge in [-0.05, 0) is 93.3 Å². The molecule has 0 N–H and O–H groups in total. The Labute approximate surface area is 201 Å². The van der Waals surface area contributed by atoms with Crippen molar-refractivity contribution in [3.63, 3.8) is 0 Å². The molecule has 8 nitrogen and oxygen atoms in total. The second-order valence-corrected chi connectivity index (χ2v) is 11.3. The van der Waals surface area contributed by atoms with Crippen LogP contribution in [0.1, 0.15) is 71.6 Å². The predicted molar refractivity (Wildman–Crippen MR) is 118 cm³/mol. The maximum atomic E-state index is 11.6. The van der Waals surface area contributed by atoms with Gasteiger partial charge in [-0.2, -0.15) is 0 Å². The van der Waals surface area contributed by atoms with Crippen molar-refractivity contribution in [3.8, 4) is 0 Å². The van der Waals surface area contributed by atoms with Crippen LogP contribution < -0.4 is 5.11 Å². The Balaban J connectivity index is 1.64. The summed E-state index contributed by atoms with van der Waals surface area (Å²) in [7, 11) is 0. The highest BCUT2D eigenvalue weighted by Crippen LogP contribution is 2.66. The van der Waals surface area contributed by atoms with E-state index in [0.717, 1.165) is 44.9 Å². The molecule has 0 aliphatic heterocycles. The van der Waals surface area contributed by atoms with E-state index in [2.05, 4.69) is 13.8 Å². The molecule has 1 unspecified atom stereocenters. The molecule has 4 saturated carbocycles. The molecule has 0 aromatic rings. The van der Waals surface area contributed by atoms with Gasteiger partial charge < -0.3 is 24.1 Å². The minimum atomic E-state index is -1.04. The lowest BCUT2D eigenvalue weighted by Crippen LogP contribution is -2.60. The van der Waals surface area contributed by atoms with Crippen molar-refractivity contribution in [1.82, 2.24) is 0 Å². The van der Waals surface area contributed by atoms with Crippen molar-refractivity contribution in [3.05, 3.63) is 0 Å². The summed E-state index contributed by atoms with van der Waals surface area (Å²) in [5.41, 5.74) is -0.303. The zero-order chi connectivity index (χ0) is 24.5. The lowest BCUT2D eigenvalue weighted by molar-refractivity contribution is -0.306. The van der Waals surface area contributed by atoms with Crippen LogP contribution in [0, 0.1) is 46.8 Å². The molecule has 4 aliphatic rings. The molecule has 190 valence electrons. The summed E-state index contributed by atoms with van der Waals surface area (Å²) in [6.07, 6.45) is 5.91. The van der Waals surface area contributed by atoms with E-state index in [-0.39, 0.29) is 59.7 Å². The van der Waals surface area contributed by atoms with Gasteiger partial charge in [0, 0.05) is 17.3 Å². The Morgan fingerprint density at radius 1 is 0.971 bits per heavy atom. The highest BCUT2D eigenvalue weighted by molar-refractivity contribution is 5.64. The van der Waals surface area contributed by atoms with Crippen LogP contribution in [0.2, 0.25) is 0 Å². The number of carboxylic acid groups (broad SMARTS) is 1. The summed E-state index contributed by atoms with van der Waals surface area (Å²) >= 11 is 0. The van der Waals surface area contributed by atoms with E-state index >= 15 is 0 Å². The molecule has 0 spiro atoms. The number of fused-ring (bicyclic) bond motifs is 5. The van der Waals surface area contributed by atoms with Crippen LogP contribution in [-0.4, -0.2) is 43.7 Å². The maximum Gasteiger partial charge on any atom is 0.293 e. The van der Waals surface area contributed by atoms with E-state index in [4.69, 9.17) is 14.2 Å². The molecule has 0 radical (unpaired) electrons. The standard InChI is InChI=1S/C26H38O8/c1-15(3-8-24(30)31)20-6-7-21-25-19(11-23(34-14-29)26(20,21)2)18-5-4-17(32-12-27)9-16(18)10-22(25)33-13-28/h12-23,25H,3-11H2,1-2H3,(H,30,31)/p-1/t15-,16+,17-,18+,19-,20?,21+,22-,23+,25-,26-/m1/s1. The molecule has 34 heavy (non-hydrogen) atoms. The van der Waals surface area contributed by atoms with Gasteiger partial charge in [-0.15, -0.1) is 0 Å². The van der Waals surface area contributed by atoms with Crippen LogP contribution in [0.5, 0.6) is 0 Å². The van der Waals surface area contributed by atoms with E-state index in [1.165, 1.54) is 0 Å². The molecule has 8 heteroatoms. The van der Waals surface area contributed by atoms with Crippen LogP contribution >= 0.6 is 0 Å². The van der Waals surface area contributed by atoms with Crippen LogP contribution in [0.25, 0.3) is 0 Å². The maximum absolute atomic E-state index is 11.6. The highest BCUT2D eigenvalue weighted by atomic mass is 16.5. The second kappa shape index (κ2) is 10.2. The summed E-state index contributed by atoms with van der Waals surface area (Å²) in [5.74, 6) is 0.717. The van der Waals surface area contributed by atoms with Crippen molar-refractivity contribution in [2.75, 3.05) is 0 Å². The normalized spacial score (nSPS) is 43.9. The molecule has 0 bridgehead atoms. The smallest absolute Gasteiger partial charge is 0.293 e. The van der Waals surface area contributed by atoms with Gasteiger partial charge in [0.1, 0.15) is 18.3 Å². The molecule has 4 rings (SSSR count). The van der Waals surface area contributed by atoms with E-state index in [1.54, 1.807) is 0 Å². The number of carbonyl (C=O) groups excluding carboxylic acids is 4. The Bertz CT molecular complexity index is 770. The predicted octanol–water partition coefficient (Wildman–Crippen LogP) is 2.27. The van der Waals surface area contributed by atoms with Gasteiger partial charge in [-0.25, -0.2) is 0 Å². The van der Waals surface area contributed by atoms with Gasteiger partial charge in [0.05, 0.1) is 0 Å². The largest absolute Gasteiger partial charge is 0.550 e. The number of hydrogen-bond acceptors (Lipinski definition) is 8. The quantitative estimate of drug-likeness (QED) is 0.347. The summed E-state index contributed by atoms with van der Waals surface area (Å²) in [6.45, 7) is 5.94. The number of carbonyl (C=O) groups is 4. The first kappa shape index (κ1) is 25.0. The fraction of sp³-hybridized carbons (Fsp3) is 0.846. The Morgan fingerprint density at radius 2 is 1.71 bits per heavy atom. The zero-order valence-corrected chi connectivity index (χ0v) is 20.1. The van der Waals surface area contributed by atoms with Crippen LogP contribution in [0.15, 0.2) is 0 Å². The van der Waals surface area contributed by atoms with Gasteiger partial charge in [0.25, 0.3) is 19.4 Å². The fourth-order valence-corrected chi connectivity index (χ4v) is 8.96. The molecule has 4 aliphatic carbocycles. The lowest BCUT2D eigenvalue weighted by Gasteiger charge is -2.60. The minimum Gasteiger partial charge on any atom is -0.550 e. The summed E-state index contributed by atoms with van der Waals surface area (Å²) in [4.78, 5) is 45.1. The number of ether oxygens (including phenoxy) is 3. The third kappa shape index (κ3) is 4.33. The molecule has 0 saturated heterocycles. The number of carboxylic acids is 1. The number of rotatable bonds is 10. The van der Waals surface area contributed by atoms with E-state index in [1.807, 2.05) is 0 Å². The molecule has 0 aromatic carbocycles. The van der Waals surface area contributed by atoms with Crippen LogP contribution in [0.4, 0.5) is 0 Å². The molecule has 4 fully saturated rings. The van der Waals surface area contributed by atoms with Crippen molar-refractivity contribution in [2.24, 2.45) is 46.8 Å². The Hall–Kier alpha value is -2.12. The topological polar surface area (TPSA) is 119 Å². The van der Waals surface area contributed by atoms with E-state index in [0.29, 0.717) is 37.7 Å². The molecule has 0 amide bonds. The summed E-state index contributed by atoms with van der Waals surface area (Å²) in [5, 5.41) is 11.1. The van der Waals surface area contributed by atoms with Crippen molar-refractivity contribution >= 4 is 25.4 Å². The number of hydrogen-bond donors (Lipinski definition) is 0. The first-order valence-electron chi connectivity index (χ1n) is 12.8. The van der Waals surface area contributed by atoms with Gasteiger partial charge >= 0.3 is 0 Å². The molecular weight excluding hydrogens is 440 g/mol. The third-order valence-corrected chi connectivity index (χ3v) is 10.2. The van der Waals surface area contributed by atoms with E-state index < -0.39 is 5.97 Å². The van der Waals surface area contributed by atoms with Crippen molar-refractivity contribution < 1.29 is 38.5 Å². The molecular formula is C26H37O8-. The molecule has 0 aromatic heterocycles. The van der Waals surface area contributed by atoms with Crippen molar-refractivity contribution in [1.29, 1.82) is 0 Å². The second-order valence-electron chi connectivity index (χ2n) is 11.3. The lowest BCUT2D eigenvalue weighted by atomic mass is 9.47. The third-order valence-electron chi connectivity index (χ3n) is 10.2.